The fourth-order valence-electron chi connectivity index (χ4n) is 5.32. The van der Waals surface area contributed by atoms with Gasteiger partial charge in [0.05, 0.1) is 17.4 Å². The zero-order chi connectivity index (χ0) is 26.7. The normalized spacial score (nSPS) is 22.3. The van der Waals surface area contributed by atoms with E-state index in [4.69, 9.17) is 4.74 Å². The van der Waals surface area contributed by atoms with Gasteiger partial charge in [-0.15, -0.1) is 0 Å². The quantitative estimate of drug-likeness (QED) is 0.524. The molecular weight excluding hydrogens is 473 g/mol. The first kappa shape index (κ1) is 26.8. The number of ether oxygens (including phenoxy) is 1. The van der Waals surface area contributed by atoms with Crippen molar-refractivity contribution < 1.29 is 23.5 Å². The third kappa shape index (κ3) is 6.53. The number of carbonyl (C=O) groups excluding carboxylic acids is 3. The van der Waals surface area contributed by atoms with Crippen LogP contribution in [0, 0.1) is 17.7 Å². The molecule has 1 N–H and O–H groups in total. The fraction of sp³-hybridized carbons (Fsp3) is 0.517. The van der Waals surface area contributed by atoms with Gasteiger partial charge in [0.1, 0.15) is 11.4 Å². The lowest BCUT2D eigenvalue weighted by molar-refractivity contribution is -0.118. The van der Waals surface area contributed by atoms with Gasteiger partial charge in [0.15, 0.2) is 11.6 Å². The second-order valence-electron chi connectivity index (χ2n) is 11.1. The smallest absolute Gasteiger partial charge is 0.407 e. The Bertz CT molecular complexity index is 1170. The van der Waals surface area contributed by atoms with Crippen LogP contribution < -0.4 is 10.2 Å². The van der Waals surface area contributed by atoms with E-state index in [9.17, 15) is 18.8 Å². The number of benzene rings is 1. The molecule has 1 aromatic carbocycles. The van der Waals surface area contributed by atoms with E-state index in [1.54, 1.807) is 0 Å². The van der Waals surface area contributed by atoms with Gasteiger partial charge in [0.2, 0.25) is 5.91 Å². The first-order valence-electron chi connectivity index (χ1n) is 13.1. The first-order valence-corrected chi connectivity index (χ1v) is 13.1. The molecule has 7 nitrogen and oxygen atoms in total. The van der Waals surface area contributed by atoms with Crippen LogP contribution >= 0.6 is 0 Å². The van der Waals surface area contributed by atoms with Gasteiger partial charge in [-0.2, -0.15) is 0 Å². The number of aromatic nitrogens is 1. The predicted octanol–water partition coefficient (Wildman–Crippen LogP) is 6.12. The minimum atomic E-state index is -0.601. The van der Waals surface area contributed by atoms with Crippen LogP contribution in [0.1, 0.15) is 82.1 Å². The van der Waals surface area contributed by atoms with Crippen LogP contribution in [0.5, 0.6) is 0 Å². The zero-order valence-corrected chi connectivity index (χ0v) is 22.1. The first-order chi connectivity index (χ1) is 17.5. The van der Waals surface area contributed by atoms with Crippen LogP contribution in [0.4, 0.5) is 20.7 Å². The summed E-state index contributed by atoms with van der Waals surface area (Å²) < 4.78 is 19.6. The minimum absolute atomic E-state index is 0.0259. The number of hydrogen-bond acceptors (Lipinski definition) is 5. The molecule has 2 aromatic rings. The predicted molar refractivity (Wildman–Crippen MR) is 139 cm³/mol. The summed E-state index contributed by atoms with van der Waals surface area (Å²) in [6.45, 7) is 7.52. The minimum Gasteiger partial charge on any atom is -0.444 e. The number of alkyl carbamates (subject to hydrolysis) is 1. The topological polar surface area (TPSA) is 88.6 Å². The number of amides is 2. The van der Waals surface area contributed by atoms with Crippen LogP contribution in [-0.2, 0) is 16.0 Å². The van der Waals surface area contributed by atoms with Gasteiger partial charge in [0, 0.05) is 18.4 Å². The Morgan fingerprint density at radius 3 is 2.57 bits per heavy atom. The summed E-state index contributed by atoms with van der Waals surface area (Å²) in [5.74, 6) is -1.18. The lowest BCUT2D eigenvalue weighted by Gasteiger charge is -2.31. The Morgan fingerprint density at radius 2 is 1.89 bits per heavy atom. The number of carbonyl (C=O) groups is 3. The van der Waals surface area contributed by atoms with Gasteiger partial charge in [-0.05, 0) is 89.0 Å². The molecule has 0 bridgehead atoms. The largest absolute Gasteiger partial charge is 0.444 e. The highest BCUT2D eigenvalue weighted by molar-refractivity contribution is 6.13. The van der Waals surface area contributed by atoms with Crippen LogP contribution in [0.3, 0.4) is 0 Å². The summed E-state index contributed by atoms with van der Waals surface area (Å²) in [5, 5.41) is 2.94. The average Bonchev–Trinajstić information content (AvgIpc) is 2.93. The molecule has 198 valence electrons. The van der Waals surface area contributed by atoms with E-state index in [0.29, 0.717) is 12.1 Å². The van der Waals surface area contributed by atoms with Crippen LogP contribution in [0.25, 0.3) is 0 Å². The number of rotatable bonds is 5. The van der Waals surface area contributed by atoms with Gasteiger partial charge in [-0.1, -0.05) is 19.1 Å². The summed E-state index contributed by atoms with van der Waals surface area (Å²) >= 11 is 0. The summed E-state index contributed by atoms with van der Waals surface area (Å²) in [7, 11) is 0. The zero-order valence-electron chi connectivity index (χ0n) is 22.1. The number of fused-ring (bicyclic) bond motifs is 1. The number of nitrogens with zero attached hydrogens (tertiary/aromatic N) is 2. The third-order valence-corrected chi connectivity index (χ3v) is 7.11. The number of Topliss-reactive ketones (excluding diaryl/α,β-unsaturated/α-hetero) is 1. The number of anilines is 2. The molecule has 1 unspecified atom stereocenters. The van der Waals surface area contributed by atoms with E-state index >= 15 is 0 Å². The van der Waals surface area contributed by atoms with Gasteiger partial charge in [0.25, 0.3) is 0 Å². The monoisotopic (exact) mass is 509 g/mol. The van der Waals surface area contributed by atoms with E-state index < -0.39 is 23.4 Å². The van der Waals surface area contributed by atoms with Crippen molar-refractivity contribution in [3.05, 3.63) is 53.5 Å². The highest BCUT2D eigenvalue weighted by Gasteiger charge is 2.37. The maximum absolute atomic E-state index is 14.2. The second kappa shape index (κ2) is 11.0. The maximum Gasteiger partial charge on any atom is 0.407 e. The Hall–Kier alpha value is -3.29. The molecule has 1 atom stereocenters. The van der Waals surface area contributed by atoms with Gasteiger partial charge in [-0.25, -0.2) is 14.2 Å². The number of hydrogen-bond donors (Lipinski definition) is 1. The van der Waals surface area contributed by atoms with E-state index in [0.717, 1.165) is 43.9 Å². The van der Waals surface area contributed by atoms with Crippen LogP contribution in [0.2, 0.25) is 0 Å². The summed E-state index contributed by atoms with van der Waals surface area (Å²) in [6.07, 6.45) is 5.24. The molecule has 2 heterocycles. The molecular formula is C29H36FN3O4. The Morgan fingerprint density at radius 1 is 1.16 bits per heavy atom. The summed E-state index contributed by atoms with van der Waals surface area (Å²) in [6, 6.07) is 8.81. The highest BCUT2D eigenvalue weighted by Crippen LogP contribution is 2.38. The Labute approximate surface area is 217 Å². The Kier molecular flexibility index (Phi) is 7.95. The number of ketones is 1. The lowest BCUT2D eigenvalue weighted by Crippen LogP contribution is -2.41. The van der Waals surface area contributed by atoms with Crippen LogP contribution in [0.15, 0.2) is 36.5 Å². The molecule has 4 rings (SSSR count). The Balaban J connectivity index is 1.49. The standard InChI is InChI=1S/C29H36FN3O4/c1-5-18-7-6-8-23(14-18)33-25(34)15-20(26(35)24-16-21(30)17-31-27(24)33)13-19-9-11-22(12-10-19)32-28(36)37-29(2,3)4/h6-8,14,16-17,19-20,22H,5,9-13,15H2,1-4H3,(H,32,36). The summed E-state index contributed by atoms with van der Waals surface area (Å²) in [5.41, 5.74) is 1.28. The van der Waals surface area contributed by atoms with Gasteiger partial charge in [-0.3, -0.25) is 14.5 Å². The van der Waals surface area contributed by atoms with E-state index in [-0.39, 0.29) is 41.5 Å². The van der Waals surface area contributed by atoms with Crippen molar-refractivity contribution in [1.29, 1.82) is 0 Å². The number of nitrogens with one attached hydrogen (secondary N) is 1. The fourth-order valence-corrected chi connectivity index (χ4v) is 5.32. The average molecular weight is 510 g/mol. The third-order valence-electron chi connectivity index (χ3n) is 7.11. The maximum atomic E-state index is 14.2. The van der Waals surface area contributed by atoms with Crippen molar-refractivity contribution in [3.63, 3.8) is 0 Å². The van der Waals surface area contributed by atoms with Crippen molar-refractivity contribution in [3.8, 4) is 0 Å². The molecule has 1 fully saturated rings. The van der Waals surface area contributed by atoms with Crippen molar-refractivity contribution in [2.45, 2.75) is 84.3 Å². The van der Waals surface area contributed by atoms with Crippen molar-refractivity contribution in [2.24, 2.45) is 11.8 Å². The SMILES string of the molecule is CCc1cccc(N2C(=O)CC(CC3CCC(NC(=O)OC(C)(C)C)CC3)C(=O)c3cc(F)cnc32)c1. The van der Waals surface area contributed by atoms with E-state index in [1.807, 2.05) is 52.0 Å². The highest BCUT2D eigenvalue weighted by atomic mass is 19.1. The molecule has 2 aliphatic rings. The molecule has 0 radical (unpaired) electrons. The molecule has 37 heavy (non-hydrogen) atoms. The van der Waals surface area contributed by atoms with E-state index in [1.165, 1.54) is 11.0 Å². The molecule has 8 heteroatoms. The molecule has 1 aromatic heterocycles. The van der Waals surface area contributed by atoms with Gasteiger partial charge < -0.3 is 10.1 Å². The van der Waals surface area contributed by atoms with Crippen LogP contribution in [-0.4, -0.2) is 34.4 Å². The number of pyridine rings is 1. The second-order valence-corrected chi connectivity index (χ2v) is 11.1. The lowest BCUT2D eigenvalue weighted by atomic mass is 9.78. The summed E-state index contributed by atoms with van der Waals surface area (Å²) in [4.78, 5) is 44.9. The molecule has 1 aliphatic heterocycles. The number of halogens is 1. The van der Waals surface area contributed by atoms with Gasteiger partial charge >= 0.3 is 6.09 Å². The molecule has 2 amide bonds. The number of aryl methyl sites for hydroxylation is 1. The molecule has 1 aliphatic carbocycles. The van der Waals surface area contributed by atoms with Crippen molar-refractivity contribution >= 4 is 29.3 Å². The molecule has 0 saturated heterocycles. The molecule has 1 saturated carbocycles. The molecule has 0 spiro atoms. The van der Waals surface area contributed by atoms with E-state index in [2.05, 4.69) is 10.3 Å². The van der Waals surface area contributed by atoms with Crippen molar-refractivity contribution in [1.82, 2.24) is 10.3 Å². The van der Waals surface area contributed by atoms with Crippen molar-refractivity contribution in [2.75, 3.05) is 4.90 Å².